The zero-order valence-electron chi connectivity index (χ0n) is 18.1. The Kier molecular flexibility index (Phi) is 11.5. The number of halogens is 1. The van der Waals surface area contributed by atoms with Crippen LogP contribution in [0.3, 0.4) is 0 Å². The van der Waals surface area contributed by atoms with Crippen LogP contribution in [0.1, 0.15) is 66.2 Å². The van der Waals surface area contributed by atoms with Crippen molar-refractivity contribution in [3.05, 3.63) is 0 Å². The van der Waals surface area contributed by atoms with Gasteiger partial charge in [0.15, 0.2) is 5.96 Å². The number of rotatable bonds is 7. The highest BCUT2D eigenvalue weighted by molar-refractivity contribution is 14.0. The van der Waals surface area contributed by atoms with E-state index in [4.69, 9.17) is 9.47 Å². The van der Waals surface area contributed by atoms with Crippen molar-refractivity contribution in [3.8, 4) is 0 Å². The molecular formula is C21H42IN3O2. The van der Waals surface area contributed by atoms with Crippen molar-refractivity contribution in [2.75, 3.05) is 39.9 Å². The van der Waals surface area contributed by atoms with E-state index in [9.17, 15) is 0 Å². The number of nitrogens with zero attached hydrogens (tertiary/aromatic N) is 2. The summed E-state index contributed by atoms with van der Waals surface area (Å²) in [6.07, 6.45) is 7.69. The zero-order chi connectivity index (χ0) is 19.0. The molecule has 1 atom stereocenters. The number of nitrogens with one attached hydrogen (secondary N) is 1. The van der Waals surface area contributed by atoms with Crippen LogP contribution in [0.25, 0.3) is 0 Å². The Hall–Kier alpha value is -0.0800. The lowest BCUT2D eigenvalue weighted by molar-refractivity contribution is -0.0721. The molecule has 0 bridgehead atoms. The van der Waals surface area contributed by atoms with Gasteiger partial charge in [0.25, 0.3) is 0 Å². The van der Waals surface area contributed by atoms with Crippen molar-refractivity contribution in [1.82, 2.24) is 10.2 Å². The number of hydrogen-bond donors (Lipinski definition) is 1. The Morgan fingerprint density at radius 3 is 2.48 bits per heavy atom. The maximum Gasteiger partial charge on any atom is 0.193 e. The minimum Gasteiger partial charge on any atom is -0.376 e. The van der Waals surface area contributed by atoms with Gasteiger partial charge in [-0.05, 0) is 49.9 Å². The first-order valence-corrected chi connectivity index (χ1v) is 10.6. The number of guanidine groups is 1. The molecule has 2 heterocycles. The molecule has 0 aromatic rings. The average Bonchev–Trinajstić information content (AvgIpc) is 2.61. The minimum absolute atomic E-state index is 0. The molecule has 0 radical (unpaired) electrons. The second-order valence-electron chi connectivity index (χ2n) is 9.17. The summed E-state index contributed by atoms with van der Waals surface area (Å²) in [6.45, 7) is 13.9. The molecule has 1 N–H and O–H groups in total. The fourth-order valence-corrected chi connectivity index (χ4v) is 4.24. The van der Waals surface area contributed by atoms with E-state index < -0.39 is 0 Å². The van der Waals surface area contributed by atoms with E-state index >= 15 is 0 Å². The smallest absolute Gasteiger partial charge is 0.193 e. The van der Waals surface area contributed by atoms with Crippen LogP contribution in [0.2, 0.25) is 0 Å². The highest BCUT2D eigenvalue weighted by atomic mass is 127. The molecule has 2 fully saturated rings. The lowest BCUT2D eigenvalue weighted by Crippen LogP contribution is -2.49. The van der Waals surface area contributed by atoms with Crippen molar-refractivity contribution < 1.29 is 9.47 Å². The van der Waals surface area contributed by atoms with Gasteiger partial charge in [0.1, 0.15) is 0 Å². The molecule has 160 valence electrons. The molecule has 27 heavy (non-hydrogen) atoms. The molecule has 1 unspecified atom stereocenters. The van der Waals surface area contributed by atoms with Crippen LogP contribution >= 0.6 is 24.0 Å². The summed E-state index contributed by atoms with van der Waals surface area (Å²) in [7, 11) is 1.89. The molecule has 0 amide bonds. The molecule has 2 saturated heterocycles. The quantitative estimate of drug-likeness (QED) is 0.325. The Bertz CT molecular complexity index is 429. The van der Waals surface area contributed by atoms with Crippen molar-refractivity contribution in [1.29, 1.82) is 0 Å². The molecule has 0 spiro atoms. The first kappa shape index (κ1) is 25.0. The first-order chi connectivity index (χ1) is 12.4. The van der Waals surface area contributed by atoms with E-state index in [1.807, 2.05) is 7.05 Å². The normalized spacial score (nSPS) is 22.7. The number of likely N-dealkylation sites (tertiary alicyclic amines) is 1. The van der Waals surface area contributed by atoms with E-state index in [-0.39, 0.29) is 29.4 Å². The van der Waals surface area contributed by atoms with Gasteiger partial charge in [-0.3, -0.25) is 4.99 Å². The van der Waals surface area contributed by atoms with Gasteiger partial charge in [-0.25, -0.2) is 0 Å². The largest absolute Gasteiger partial charge is 0.376 e. The van der Waals surface area contributed by atoms with Crippen molar-refractivity contribution in [2.24, 2.45) is 16.3 Å². The number of hydrogen-bond acceptors (Lipinski definition) is 3. The summed E-state index contributed by atoms with van der Waals surface area (Å²) in [5, 5.41) is 3.60. The fourth-order valence-electron chi connectivity index (χ4n) is 4.24. The number of aliphatic imine (C=N–C) groups is 1. The van der Waals surface area contributed by atoms with Crippen LogP contribution in [-0.4, -0.2) is 63.0 Å². The highest BCUT2D eigenvalue weighted by Crippen LogP contribution is 2.24. The summed E-state index contributed by atoms with van der Waals surface area (Å²) in [4.78, 5) is 6.89. The van der Waals surface area contributed by atoms with Crippen molar-refractivity contribution in [2.45, 2.75) is 78.4 Å². The maximum atomic E-state index is 6.13. The molecular weight excluding hydrogens is 453 g/mol. The van der Waals surface area contributed by atoms with E-state index in [2.05, 4.69) is 42.9 Å². The van der Waals surface area contributed by atoms with Gasteiger partial charge >= 0.3 is 0 Å². The lowest BCUT2D eigenvalue weighted by Gasteiger charge is -2.36. The molecule has 0 aromatic heterocycles. The molecule has 0 aliphatic carbocycles. The third-order valence-electron chi connectivity index (χ3n) is 5.43. The van der Waals surface area contributed by atoms with Gasteiger partial charge in [0, 0.05) is 33.3 Å². The molecule has 0 aromatic carbocycles. The molecule has 2 aliphatic rings. The molecule has 6 heteroatoms. The van der Waals surface area contributed by atoms with Gasteiger partial charge in [0.05, 0.1) is 18.8 Å². The zero-order valence-corrected chi connectivity index (χ0v) is 20.5. The average molecular weight is 495 g/mol. The number of ether oxygens (including phenoxy) is 2. The summed E-state index contributed by atoms with van der Waals surface area (Å²) in [6, 6.07) is 0. The fraction of sp³-hybridized carbons (Fsp3) is 0.952. The van der Waals surface area contributed by atoms with Crippen LogP contribution < -0.4 is 5.32 Å². The highest BCUT2D eigenvalue weighted by Gasteiger charge is 2.25. The van der Waals surface area contributed by atoms with Crippen LogP contribution in [0, 0.1) is 11.3 Å². The van der Waals surface area contributed by atoms with E-state index in [1.54, 1.807) is 0 Å². The van der Waals surface area contributed by atoms with Gasteiger partial charge < -0.3 is 19.7 Å². The topological polar surface area (TPSA) is 46.1 Å². The van der Waals surface area contributed by atoms with Crippen LogP contribution in [0.15, 0.2) is 4.99 Å². The van der Waals surface area contributed by atoms with E-state index in [0.717, 1.165) is 64.0 Å². The third-order valence-corrected chi connectivity index (χ3v) is 5.43. The predicted molar refractivity (Wildman–Crippen MR) is 124 cm³/mol. The second-order valence-corrected chi connectivity index (χ2v) is 9.17. The minimum atomic E-state index is 0. The van der Waals surface area contributed by atoms with Crippen molar-refractivity contribution in [3.63, 3.8) is 0 Å². The van der Waals surface area contributed by atoms with Crippen molar-refractivity contribution >= 4 is 29.9 Å². The molecule has 0 saturated carbocycles. The molecule has 2 aliphatic heterocycles. The number of piperidine rings is 1. The summed E-state index contributed by atoms with van der Waals surface area (Å²) < 4.78 is 11.9. The first-order valence-electron chi connectivity index (χ1n) is 10.6. The SMILES string of the molecule is CN=C(NCC(C)(C)CC(C)C)N1CCC(OCC2CCCCO2)CC1.I. The van der Waals surface area contributed by atoms with Crippen LogP contribution in [0.5, 0.6) is 0 Å². The summed E-state index contributed by atoms with van der Waals surface area (Å²) in [5.74, 6) is 1.76. The van der Waals surface area contributed by atoms with Gasteiger partial charge in [-0.2, -0.15) is 0 Å². The Morgan fingerprint density at radius 2 is 1.93 bits per heavy atom. The van der Waals surface area contributed by atoms with Crippen LogP contribution in [-0.2, 0) is 9.47 Å². The summed E-state index contributed by atoms with van der Waals surface area (Å²) in [5.41, 5.74) is 0.283. The molecule has 5 nitrogen and oxygen atoms in total. The monoisotopic (exact) mass is 495 g/mol. The molecule has 2 rings (SSSR count). The van der Waals surface area contributed by atoms with Gasteiger partial charge in [0.2, 0.25) is 0 Å². The van der Waals surface area contributed by atoms with E-state index in [0.29, 0.717) is 12.2 Å². The second kappa shape index (κ2) is 12.5. The van der Waals surface area contributed by atoms with Gasteiger partial charge in [-0.15, -0.1) is 24.0 Å². The standard InChI is InChI=1S/C21H41N3O2.HI/c1-17(2)14-21(3,4)16-23-20(22-5)24-11-9-18(10-12-24)26-15-19-8-6-7-13-25-19;/h17-19H,6-16H2,1-5H3,(H,22,23);1H. The van der Waals surface area contributed by atoms with Crippen LogP contribution in [0.4, 0.5) is 0 Å². The lowest BCUT2D eigenvalue weighted by atomic mass is 9.84. The predicted octanol–water partition coefficient (Wildman–Crippen LogP) is 4.30. The Balaban J connectivity index is 0.00000364. The van der Waals surface area contributed by atoms with E-state index in [1.165, 1.54) is 19.3 Å². The Morgan fingerprint density at radius 1 is 1.22 bits per heavy atom. The summed E-state index contributed by atoms with van der Waals surface area (Å²) >= 11 is 0. The van der Waals surface area contributed by atoms with Gasteiger partial charge in [-0.1, -0.05) is 27.7 Å². The Labute approximate surface area is 184 Å². The maximum absolute atomic E-state index is 6.13. The third kappa shape index (κ3) is 9.31.